The second kappa shape index (κ2) is 5.87. The molecule has 0 saturated heterocycles. The first-order chi connectivity index (χ1) is 11.6. The molecular formula is C18H17N3O2S. The number of aromatic carboxylic acids is 1. The fourth-order valence-corrected chi connectivity index (χ4v) is 4.00. The van der Waals surface area contributed by atoms with Crippen LogP contribution >= 0.6 is 11.3 Å². The third kappa shape index (κ3) is 2.97. The molecule has 1 fully saturated rings. The van der Waals surface area contributed by atoms with E-state index in [-0.39, 0.29) is 5.56 Å². The van der Waals surface area contributed by atoms with E-state index in [1.165, 1.54) is 29.5 Å². The van der Waals surface area contributed by atoms with Gasteiger partial charge in [0.05, 0.1) is 24.0 Å². The van der Waals surface area contributed by atoms with Crippen LogP contribution in [0.2, 0.25) is 0 Å². The summed E-state index contributed by atoms with van der Waals surface area (Å²) in [5.41, 5.74) is 3.58. The van der Waals surface area contributed by atoms with Crippen molar-refractivity contribution in [1.29, 1.82) is 0 Å². The lowest BCUT2D eigenvalue weighted by Gasteiger charge is -2.01. The SMILES string of the molecule is Cc1cccc(-c2nc(Cn3cc(C(=O)O)cn3)c(C3CC3)s2)c1. The van der Waals surface area contributed by atoms with Crippen LogP contribution in [0.4, 0.5) is 0 Å². The number of carboxylic acids is 1. The first-order valence-corrected chi connectivity index (χ1v) is 8.74. The van der Waals surface area contributed by atoms with Crippen LogP contribution in [-0.2, 0) is 6.54 Å². The lowest BCUT2D eigenvalue weighted by atomic mass is 10.1. The first kappa shape index (κ1) is 15.1. The molecule has 1 aliphatic rings. The average molecular weight is 339 g/mol. The number of carbonyl (C=O) groups is 1. The van der Waals surface area contributed by atoms with Gasteiger partial charge in [-0.2, -0.15) is 5.10 Å². The van der Waals surface area contributed by atoms with Crippen LogP contribution in [0.1, 0.15) is 45.3 Å². The second-order valence-electron chi connectivity index (χ2n) is 6.21. The van der Waals surface area contributed by atoms with E-state index in [4.69, 9.17) is 10.1 Å². The van der Waals surface area contributed by atoms with Crippen molar-refractivity contribution in [3.8, 4) is 10.6 Å². The summed E-state index contributed by atoms with van der Waals surface area (Å²) in [5.74, 6) is -0.354. The maximum absolute atomic E-state index is 11.0. The summed E-state index contributed by atoms with van der Waals surface area (Å²) in [4.78, 5) is 17.2. The number of hydrogen-bond acceptors (Lipinski definition) is 4. The van der Waals surface area contributed by atoms with Gasteiger partial charge in [0.2, 0.25) is 0 Å². The third-order valence-corrected chi connectivity index (χ3v) is 5.44. The minimum Gasteiger partial charge on any atom is -0.478 e. The molecule has 2 heterocycles. The van der Waals surface area contributed by atoms with Crippen molar-refractivity contribution in [3.05, 3.63) is 58.4 Å². The highest BCUT2D eigenvalue weighted by atomic mass is 32.1. The molecule has 0 amide bonds. The monoisotopic (exact) mass is 339 g/mol. The Hall–Kier alpha value is -2.47. The number of aromatic nitrogens is 3. The Labute approximate surface area is 143 Å². The summed E-state index contributed by atoms with van der Waals surface area (Å²) >= 11 is 1.76. The van der Waals surface area contributed by atoms with Crippen LogP contribution in [-0.4, -0.2) is 25.8 Å². The van der Waals surface area contributed by atoms with Crippen molar-refractivity contribution in [2.45, 2.75) is 32.2 Å². The van der Waals surface area contributed by atoms with Gasteiger partial charge in [-0.15, -0.1) is 11.3 Å². The molecule has 24 heavy (non-hydrogen) atoms. The Morgan fingerprint density at radius 3 is 2.92 bits per heavy atom. The van der Waals surface area contributed by atoms with Gasteiger partial charge in [-0.1, -0.05) is 23.8 Å². The molecule has 6 heteroatoms. The number of rotatable bonds is 5. The van der Waals surface area contributed by atoms with E-state index in [0.29, 0.717) is 12.5 Å². The summed E-state index contributed by atoms with van der Waals surface area (Å²) in [6.07, 6.45) is 5.36. The van der Waals surface area contributed by atoms with E-state index in [1.54, 1.807) is 22.2 Å². The van der Waals surface area contributed by atoms with Crippen LogP contribution in [0.25, 0.3) is 10.6 Å². The quantitative estimate of drug-likeness (QED) is 0.764. The summed E-state index contributed by atoms with van der Waals surface area (Å²) in [7, 11) is 0. The maximum Gasteiger partial charge on any atom is 0.338 e. The first-order valence-electron chi connectivity index (χ1n) is 7.92. The minimum atomic E-state index is -0.956. The molecule has 0 unspecified atom stereocenters. The van der Waals surface area contributed by atoms with Gasteiger partial charge in [-0.3, -0.25) is 4.68 Å². The average Bonchev–Trinajstić information content (AvgIpc) is 3.14. The summed E-state index contributed by atoms with van der Waals surface area (Å²) < 4.78 is 1.66. The Bertz CT molecular complexity index is 909. The van der Waals surface area contributed by atoms with Crippen molar-refractivity contribution < 1.29 is 9.90 Å². The lowest BCUT2D eigenvalue weighted by molar-refractivity contribution is 0.0697. The number of hydrogen-bond donors (Lipinski definition) is 1. The normalized spacial score (nSPS) is 14.0. The van der Waals surface area contributed by atoms with Gasteiger partial charge in [-0.05, 0) is 31.7 Å². The van der Waals surface area contributed by atoms with Crippen molar-refractivity contribution in [1.82, 2.24) is 14.8 Å². The van der Waals surface area contributed by atoms with Crippen molar-refractivity contribution in [2.75, 3.05) is 0 Å². The van der Waals surface area contributed by atoms with E-state index in [1.807, 2.05) is 0 Å². The van der Waals surface area contributed by atoms with Crippen LogP contribution in [0, 0.1) is 6.92 Å². The van der Waals surface area contributed by atoms with Gasteiger partial charge < -0.3 is 5.11 Å². The maximum atomic E-state index is 11.0. The molecular weight excluding hydrogens is 322 g/mol. The molecule has 0 radical (unpaired) electrons. The van der Waals surface area contributed by atoms with Crippen LogP contribution in [0.5, 0.6) is 0 Å². The van der Waals surface area contributed by atoms with Crippen LogP contribution in [0.15, 0.2) is 36.7 Å². The predicted molar refractivity (Wildman–Crippen MR) is 92.6 cm³/mol. The third-order valence-electron chi connectivity index (χ3n) is 4.13. The van der Waals surface area contributed by atoms with Gasteiger partial charge in [0.25, 0.3) is 0 Å². The van der Waals surface area contributed by atoms with E-state index in [9.17, 15) is 4.79 Å². The summed E-state index contributed by atoms with van der Waals surface area (Å²) in [6.45, 7) is 2.60. The van der Waals surface area contributed by atoms with E-state index in [2.05, 4.69) is 36.3 Å². The molecule has 1 saturated carbocycles. The molecule has 1 aliphatic carbocycles. The molecule has 0 aliphatic heterocycles. The zero-order valence-electron chi connectivity index (χ0n) is 13.3. The number of carboxylic acid groups (broad SMARTS) is 1. The van der Waals surface area contributed by atoms with E-state index in [0.717, 1.165) is 16.3 Å². The zero-order valence-corrected chi connectivity index (χ0v) is 14.1. The Balaban J connectivity index is 1.67. The van der Waals surface area contributed by atoms with Gasteiger partial charge in [0.1, 0.15) is 5.01 Å². The van der Waals surface area contributed by atoms with Crippen molar-refractivity contribution in [2.24, 2.45) is 0 Å². The number of benzene rings is 1. The van der Waals surface area contributed by atoms with E-state index < -0.39 is 5.97 Å². The highest BCUT2D eigenvalue weighted by Crippen LogP contribution is 2.46. The molecule has 1 aromatic carbocycles. The Kier molecular flexibility index (Phi) is 3.69. The van der Waals surface area contributed by atoms with Crippen molar-refractivity contribution in [3.63, 3.8) is 0 Å². The summed E-state index contributed by atoms with van der Waals surface area (Å²) in [6, 6.07) is 8.37. The zero-order chi connectivity index (χ0) is 16.7. The van der Waals surface area contributed by atoms with Crippen LogP contribution < -0.4 is 0 Å². The highest BCUT2D eigenvalue weighted by molar-refractivity contribution is 7.15. The fraction of sp³-hybridized carbons (Fsp3) is 0.278. The second-order valence-corrected chi connectivity index (χ2v) is 7.24. The van der Waals surface area contributed by atoms with Gasteiger partial charge >= 0.3 is 5.97 Å². The highest BCUT2D eigenvalue weighted by Gasteiger charge is 2.29. The van der Waals surface area contributed by atoms with Gasteiger partial charge in [0.15, 0.2) is 0 Å². The number of aryl methyl sites for hydroxylation is 1. The molecule has 0 bridgehead atoms. The Morgan fingerprint density at radius 1 is 1.42 bits per heavy atom. The van der Waals surface area contributed by atoms with Gasteiger partial charge in [-0.25, -0.2) is 9.78 Å². The Morgan fingerprint density at radius 2 is 2.25 bits per heavy atom. The lowest BCUT2D eigenvalue weighted by Crippen LogP contribution is -2.03. The van der Waals surface area contributed by atoms with Gasteiger partial charge in [0, 0.05) is 16.6 Å². The molecule has 0 atom stereocenters. The molecule has 1 N–H and O–H groups in total. The molecule has 4 rings (SSSR count). The number of thiazole rings is 1. The summed E-state index contributed by atoms with van der Waals surface area (Å²) in [5, 5.41) is 14.2. The molecule has 5 nitrogen and oxygen atoms in total. The topological polar surface area (TPSA) is 68.0 Å². The van der Waals surface area contributed by atoms with E-state index >= 15 is 0 Å². The molecule has 0 spiro atoms. The minimum absolute atomic E-state index is 0.206. The molecule has 122 valence electrons. The standard InChI is InChI=1S/C18H17N3O2S/c1-11-3-2-4-13(7-11)17-20-15(16(24-17)12-5-6-12)10-21-9-14(8-19-21)18(22)23/h2-4,7-9,12H,5-6,10H2,1H3,(H,22,23). The molecule has 2 aromatic heterocycles. The fourth-order valence-electron chi connectivity index (χ4n) is 2.76. The molecule has 3 aromatic rings. The smallest absolute Gasteiger partial charge is 0.338 e. The van der Waals surface area contributed by atoms with Crippen molar-refractivity contribution >= 4 is 17.3 Å². The largest absolute Gasteiger partial charge is 0.478 e. The predicted octanol–water partition coefficient (Wildman–Crippen LogP) is 3.94. The number of nitrogens with zero attached hydrogens (tertiary/aromatic N) is 3. The van der Waals surface area contributed by atoms with Crippen LogP contribution in [0.3, 0.4) is 0 Å².